The zero-order chi connectivity index (χ0) is 16.1. The first-order chi connectivity index (χ1) is 11.2. The van der Waals surface area contributed by atoms with Gasteiger partial charge in [0.25, 0.3) is 0 Å². The third-order valence-corrected chi connectivity index (χ3v) is 3.58. The summed E-state index contributed by atoms with van der Waals surface area (Å²) in [6.07, 6.45) is -0.425. The molecule has 0 saturated heterocycles. The average Bonchev–Trinajstić information content (AvgIpc) is 2.59. The highest BCUT2D eigenvalue weighted by Gasteiger charge is 2.04. The largest absolute Gasteiger partial charge is 0.445 e. The first kappa shape index (κ1) is 14.9. The molecule has 0 fully saturated rings. The Morgan fingerprint density at radius 3 is 2.48 bits per heavy atom. The number of nitrogens with one attached hydrogen (secondary N) is 1. The Morgan fingerprint density at radius 1 is 0.913 bits per heavy atom. The van der Waals surface area contributed by atoms with Crippen molar-refractivity contribution in [2.24, 2.45) is 0 Å². The van der Waals surface area contributed by atoms with Gasteiger partial charge in [-0.15, -0.1) is 0 Å². The van der Waals surface area contributed by atoms with E-state index in [4.69, 9.17) is 10.5 Å². The number of amides is 1. The molecule has 3 rings (SSSR count). The van der Waals surface area contributed by atoms with Crippen LogP contribution < -0.4 is 11.1 Å². The van der Waals surface area contributed by atoms with E-state index in [2.05, 4.69) is 5.32 Å². The Morgan fingerprint density at radius 2 is 1.65 bits per heavy atom. The second-order valence-electron chi connectivity index (χ2n) is 5.36. The summed E-state index contributed by atoms with van der Waals surface area (Å²) in [4.78, 5) is 11.7. The SMILES string of the molecule is Nc1ccc2cc(COC(=O)NCc3ccccc3)ccc2c1. The quantitative estimate of drug-likeness (QED) is 0.720. The number of nitrogen functional groups attached to an aromatic ring is 1. The minimum absolute atomic E-state index is 0.237. The summed E-state index contributed by atoms with van der Waals surface area (Å²) in [5, 5.41) is 4.88. The molecule has 3 N–H and O–H groups in total. The van der Waals surface area contributed by atoms with Crippen molar-refractivity contribution < 1.29 is 9.53 Å². The fourth-order valence-electron chi connectivity index (χ4n) is 2.37. The molecule has 116 valence electrons. The van der Waals surface area contributed by atoms with Crippen molar-refractivity contribution in [3.63, 3.8) is 0 Å². The molecule has 0 heterocycles. The lowest BCUT2D eigenvalue weighted by molar-refractivity contribution is 0.139. The lowest BCUT2D eigenvalue weighted by Gasteiger charge is -2.08. The summed E-state index contributed by atoms with van der Waals surface area (Å²) in [7, 11) is 0. The Hall–Kier alpha value is -3.01. The van der Waals surface area contributed by atoms with Crippen molar-refractivity contribution >= 4 is 22.6 Å². The van der Waals surface area contributed by atoms with Crippen LogP contribution in [-0.4, -0.2) is 6.09 Å². The Bertz CT molecular complexity index is 816. The molecular formula is C19H18N2O2. The van der Waals surface area contributed by atoms with Gasteiger partial charge in [0.15, 0.2) is 0 Å². The first-order valence-electron chi connectivity index (χ1n) is 7.43. The fraction of sp³-hybridized carbons (Fsp3) is 0.105. The molecule has 1 amide bonds. The van der Waals surface area contributed by atoms with Crippen molar-refractivity contribution in [2.75, 3.05) is 5.73 Å². The van der Waals surface area contributed by atoms with E-state index in [9.17, 15) is 4.79 Å². The van der Waals surface area contributed by atoms with Crippen LogP contribution in [0, 0.1) is 0 Å². The average molecular weight is 306 g/mol. The highest BCUT2D eigenvalue weighted by Crippen LogP contribution is 2.19. The Balaban J connectivity index is 1.55. The molecule has 0 saturated carbocycles. The second-order valence-corrected chi connectivity index (χ2v) is 5.36. The van der Waals surface area contributed by atoms with E-state index in [0.29, 0.717) is 6.54 Å². The van der Waals surface area contributed by atoms with Gasteiger partial charge in [0.1, 0.15) is 6.61 Å². The number of hydrogen-bond donors (Lipinski definition) is 2. The smallest absolute Gasteiger partial charge is 0.407 e. The number of rotatable bonds is 4. The van der Waals surface area contributed by atoms with Crippen LogP contribution in [0.1, 0.15) is 11.1 Å². The zero-order valence-corrected chi connectivity index (χ0v) is 12.7. The topological polar surface area (TPSA) is 64.3 Å². The van der Waals surface area contributed by atoms with Crippen molar-refractivity contribution in [2.45, 2.75) is 13.2 Å². The second kappa shape index (κ2) is 6.83. The van der Waals surface area contributed by atoms with Gasteiger partial charge >= 0.3 is 6.09 Å². The number of alkyl carbamates (subject to hydrolysis) is 1. The monoisotopic (exact) mass is 306 g/mol. The van der Waals surface area contributed by atoms with Crippen molar-refractivity contribution in [1.82, 2.24) is 5.32 Å². The maximum Gasteiger partial charge on any atom is 0.407 e. The van der Waals surface area contributed by atoms with E-state index in [1.54, 1.807) is 0 Å². The van der Waals surface area contributed by atoms with Gasteiger partial charge in [0.05, 0.1) is 0 Å². The van der Waals surface area contributed by atoms with Gasteiger partial charge in [-0.1, -0.05) is 48.5 Å². The number of nitrogens with two attached hydrogens (primary N) is 1. The van der Waals surface area contributed by atoms with Gasteiger partial charge in [0.2, 0.25) is 0 Å². The lowest BCUT2D eigenvalue weighted by Crippen LogP contribution is -2.23. The van der Waals surface area contributed by atoms with Crippen LogP contribution in [0.5, 0.6) is 0 Å². The fourth-order valence-corrected chi connectivity index (χ4v) is 2.37. The molecule has 23 heavy (non-hydrogen) atoms. The lowest BCUT2D eigenvalue weighted by atomic mass is 10.1. The van der Waals surface area contributed by atoms with E-state index in [1.165, 1.54) is 0 Å². The van der Waals surface area contributed by atoms with Gasteiger partial charge in [-0.3, -0.25) is 0 Å². The van der Waals surface area contributed by atoms with E-state index in [-0.39, 0.29) is 6.61 Å². The van der Waals surface area contributed by atoms with Gasteiger partial charge in [0, 0.05) is 12.2 Å². The zero-order valence-electron chi connectivity index (χ0n) is 12.7. The number of carbonyl (C=O) groups is 1. The molecule has 0 aliphatic carbocycles. The normalized spacial score (nSPS) is 10.4. The van der Waals surface area contributed by atoms with E-state index < -0.39 is 6.09 Å². The molecule has 0 aliphatic heterocycles. The van der Waals surface area contributed by atoms with E-state index in [1.807, 2.05) is 66.7 Å². The number of hydrogen-bond acceptors (Lipinski definition) is 3. The summed E-state index contributed by atoms with van der Waals surface area (Å²) in [6, 6.07) is 21.4. The molecule has 0 atom stereocenters. The molecule has 3 aromatic rings. The third kappa shape index (κ3) is 4.01. The number of ether oxygens (including phenoxy) is 1. The predicted molar refractivity (Wildman–Crippen MR) is 91.8 cm³/mol. The molecule has 0 bridgehead atoms. The molecule has 3 aromatic carbocycles. The minimum atomic E-state index is -0.425. The highest BCUT2D eigenvalue weighted by molar-refractivity contribution is 5.85. The summed E-state index contributed by atoms with van der Waals surface area (Å²) >= 11 is 0. The molecule has 0 spiro atoms. The predicted octanol–water partition coefficient (Wildman–Crippen LogP) is 3.85. The maximum atomic E-state index is 11.7. The Labute approximate surface area is 134 Å². The standard InChI is InChI=1S/C19H18N2O2/c20-18-9-8-16-10-15(6-7-17(16)11-18)13-23-19(22)21-12-14-4-2-1-3-5-14/h1-11H,12-13,20H2,(H,21,22). The molecule has 0 aromatic heterocycles. The summed E-state index contributed by atoms with van der Waals surface area (Å²) in [5.41, 5.74) is 8.48. The number of benzene rings is 3. The molecule has 4 heteroatoms. The third-order valence-electron chi connectivity index (χ3n) is 3.58. The van der Waals surface area contributed by atoms with Crippen LogP contribution in [0.2, 0.25) is 0 Å². The van der Waals surface area contributed by atoms with E-state index >= 15 is 0 Å². The van der Waals surface area contributed by atoms with Crippen LogP contribution in [-0.2, 0) is 17.9 Å². The van der Waals surface area contributed by atoms with Crippen LogP contribution in [0.15, 0.2) is 66.7 Å². The van der Waals surface area contributed by atoms with Gasteiger partial charge < -0.3 is 15.8 Å². The molecule has 0 unspecified atom stereocenters. The maximum absolute atomic E-state index is 11.7. The first-order valence-corrected chi connectivity index (χ1v) is 7.43. The van der Waals surface area contributed by atoms with Crippen molar-refractivity contribution in [3.05, 3.63) is 77.9 Å². The van der Waals surface area contributed by atoms with Gasteiger partial charge in [-0.25, -0.2) is 4.79 Å². The van der Waals surface area contributed by atoms with Crippen molar-refractivity contribution in [3.8, 4) is 0 Å². The van der Waals surface area contributed by atoms with Crippen molar-refractivity contribution in [1.29, 1.82) is 0 Å². The Kier molecular flexibility index (Phi) is 4.43. The van der Waals surface area contributed by atoms with Gasteiger partial charge in [-0.2, -0.15) is 0 Å². The molecule has 0 radical (unpaired) electrons. The van der Waals surface area contributed by atoms with E-state index in [0.717, 1.165) is 27.6 Å². The number of anilines is 1. The molecule has 0 aliphatic rings. The highest BCUT2D eigenvalue weighted by atomic mass is 16.5. The summed E-state index contributed by atoms with van der Waals surface area (Å²) in [6.45, 7) is 0.692. The van der Waals surface area contributed by atoms with Crippen LogP contribution >= 0.6 is 0 Å². The summed E-state index contributed by atoms with van der Waals surface area (Å²) in [5.74, 6) is 0. The molecular weight excluding hydrogens is 288 g/mol. The van der Waals surface area contributed by atoms with Crippen LogP contribution in [0.4, 0.5) is 10.5 Å². The molecule has 4 nitrogen and oxygen atoms in total. The van der Waals surface area contributed by atoms with Gasteiger partial charge in [-0.05, 0) is 40.1 Å². The minimum Gasteiger partial charge on any atom is -0.445 e. The van der Waals surface area contributed by atoms with Crippen LogP contribution in [0.3, 0.4) is 0 Å². The number of carbonyl (C=O) groups excluding carboxylic acids is 1. The summed E-state index contributed by atoms with van der Waals surface area (Å²) < 4.78 is 5.25. The number of fused-ring (bicyclic) bond motifs is 1. The van der Waals surface area contributed by atoms with Crippen LogP contribution in [0.25, 0.3) is 10.8 Å².